The van der Waals surface area contributed by atoms with E-state index in [1.807, 2.05) is 13.1 Å². The molecule has 16 heavy (non-hydrogen) atoms. The zero-order valence-electron chi connectivity index (χ0n) is 10.1. The molecule has 88 valence electrons. The molecule has 0 aliphatic rings. The Bertz CT molecular complexity index is 347. The van der Waals surface area contributed by atoms with Crippen LogP contribution in [0.1, 0.15) is 36.4 Å². The van der Waals surface area contributed by atoms with E-state index >= 15 is 0 Å². The third kappa shape index (κ3) is 3.59. The Labute approximate surface area is 112 Å². The van der Waals surface area contributed by atoms with Gasteiger partial charge in [0.1, 0.15) is 0 Å². The fourth-order valence-electron chi connectivity index (χ4n) is 1.86. The van der Waals surface area contributed by atoms with Crippen LogP contribution in [0, 0.1) is 10.5 Å². The van der Waals surface area contributed by atoms with Gasteiger partial charge < -0.3 is 5.32 Å². The summed E-state index contributed by atoms with van der Waals surface area (Å²) in [5, 5.41) is 3.41. The van der Waals surface area contributed by atoms with Crippen LogP contribution in [-0.4, -0.2) is 7.05 Å². The largest absolute Gasteiger partial charge is 0.313 e. The van der Waals surface area contributed by atoms with Crippen LogP contribution in [0.3, 0.4) is 0 Å². The highest BCUT2D eigenvalue weighted by Crippen LogP contribution is 2.26. The van der Waals surface area contributed by atoms with Crippen molar-refractivity contribution < 1.29 is 0 Å². The Hall–Kier alpha value is -0.350. The number of benzene rings is 1. The van der Waals surface area contributed by atoms with E-state index in [1.165, 1.54) is 27.5 Å². The van der Waals surface area contributed by atoms with Gasteiger partial charge in [0, 0.05) is 9.61 Å². The van der Waals surface area contributed by atoms with Crippen molar-refractivity contribution in [3.63, 3.8) is 0 Å². The maximum Gasteiger partial charge on any atom is 0.0328 e. The lowest BCUT2D eigenvalue weighted by Crippen LogP contribution is -2.17. The van der Waals surface area contributed by atoms with Crippen LogP contribution in [0.5, 0.6) is 0 Å². The first-order valence-corrected chi connectivity index (χ1v) is 6.81. The van der Waals surface area contributed by atoms with Gasteiger partial charge in [0.25, 0.3) is 0 Å². The van der Waals surface area contributed by atoms with E-state index in [0.29, 0.717) is 6.04 Å². The highest BCUT2D eigenvalue weighted by molar-refractivity contribution is 14.1. The molecule has 0 heterocycles. The maximum atomic E-state index is 3.77. The minimum absolute atomic E-state index is 0.465. The second kappa shape index (κ2) is 7.07. The van der Waals surface area contributed by atoms with E-state index in [4.69, 9.17) is 0 Å². The summed E-state index contributed by atoms with van der Waals surface area (Å²) in [5.74, 6) is 0. The van der Waals surface area contributed by atoms with Crippen molar-refractivity contribution in [3.05, 3.63) is 45.6 Å². The highest BCUT2D eigenvalue weighted by atomic mass is 127. The van der Waals surface area contributed by atoms with Crippen LogP contribution in [0.4, 0.5) is 0 Å². The summed E-state index contributed by atoms with van der Waals surface area (Å²) in [6, 6.07) is 7.00. The van der Waals surface area contributed by atoms with Crippen molar-refractivity contribution in [1.82, 2.24) is 5.32 Å². The molecule has 0 radical (unpaired) electrons. The summed E-state index contributed by atoms with van der Waals surface area (Å²) >= 11 is 2.44. The van der Waals surface area contributed by atoms with Gasteiger partial charge in [0.05, 0.1) is 0 Å². The number of halogens is 1. The van der Waals surface area contributed by atoms with E-state index in [0.717, 1.165) is 6.42 Å². The van der Waals surface area contributed by atoms with Crippen LogP contribution in [-0.2, 0) is 0 Å². The molecular formula is C14H20IN. The molecule has 0 spiro atoms. The van der Waals surface area contributed by atoms with Gasteiger partial charge in [-0.2, -0.15) is 0 Å². The fraction of sp³-hybridized carbons (Fsp3) is 0.429. The number of hydrogen-bond donors (Lipinski definition) is 1. The Morgan fingerprint density at radius 1 is 1.50 bits per heavy atom. The third-order valence-corrected chi connectivity index (χ3v) is 4.32. The first kappa shape index (κ1) is 13.7. The van der Waals surface area contributed by atoms with Gasteiger partial charge in [-0.3, -0.25) is 0 Å². The first-order valence-electron chi connectivity index (χ1n) is 5.74. The summed E-state index contributed by atoms with van der Waals surface area (Å²) in [7, 11) is 2.04. The summed E-state index contributed by atoms with van der Waals surface area (Å²) in [6.45, 7) is 5.93. The predicted octanol–water partition coefficient (Wildman–Crippen LogP) is 4.22. The van der Waals surface area contributed by atoms with Crippen LogP contribution in [0.15, 0.2) is 30.9 Å². The van der Waals surface area contributed by atoms with Crippen LogP contribution in [0.2, 0.25) is 0 Å². The molecule has 2 heteroatoms. The molecule has 0 saturated carbocycles. The second-order valence-electron chi connectivity index (χ2n) is 4.04. The van der Waals surface area contributed by atoms with E-state index in [-0.39, 0.29) is 0 Å². The molecular weight excluding hydrogens is 309 g/mol. The van der Waals surface area contributed by atoms with E-state index in [2.05, 4.69) is 59.6 Å². The number of allylic oxidation sites excluding steroid dienone is 1. The lowest BCUT2D eigenvalue weighted by molar-refractivity contribution is 0.528. The molecule has 1 unspecified atom stereocenters. The van der Waals surface area contributed by atoms with Gasteiger partial charge in [-0.15, -0.1) is 6.58 Å². The van der Waals surface area contributed by atoms with Crippen molar-refractivity contribution in [1.29, 1.82) is 0 Å². The third-order valence-electron chi connectivity index (χ3n) is 2.85. The molecule has 1 N–H and O–H groups in total. The quantitative estimate of drug-likeness (QED) is 0.468. The minimum Gasteiger partial charge on any atom is -0.313 e. The van der Waals surface area contributed by atoms with Gasteiger partial charge >= 0.3 is 0 Å². The van der Waals surface area contributed by atoms with E-state index in [1.54, 1.807) is 0 Å². The molecule has 1 atom stereocenters. The lowest BCUT2D eigenvalue weighted by atomic mass is 9.99. The average Bonchev–Trinajstić information content (AvgIpc) is 2.29. The van der Waals surface area contributed by atoms with Crippen molar-refractivity contribution in [3.8, 4) is 0 Å². The second-order valence-corrected chi connectivity index (χ2v) is 5.12. The normalized spacial score (nSPS) is 12.4. The van der Waals surface area contributed by atoms with Crippen LogP contribution >= 0.6 is 22.6 Å². The Balaban J connectivity index is 2.78. The number of nitrogens with one attached hydrogen (secondary N) is 1. The molecule has 0 aliphatic heterocycles. The summed E-state index contributed by atoms with van der Waals surface area (Å²) in [6.07, 6.45) is 5.45. The zero-order valence-corrected chi connectivity index (χ0v) is 12.3. The Morgan fingerprint density at radius 2 is 2.25 bits per heavy atom. The predicted molar refractivity (Wildman–Crippen MR) is 79.7 cm³/mol. The Morgan fingerprint density at radius 3 is 2.88 bits per heavy atom. The minimum atomic E-state index is 0.465. The fourth-order valence-corrected chi connectivity index (χ4v) is 2.60. The topological polar surface area (TPSA) is 12.0 Å². The standard InChI is InChI=1S/C14H20IN/c1-4-5-6-10-13(16-3)12-9-7-8-11(2)14(12)15/h4,7-9,13,16H,1,5-6,10H2,2-3H3. The summed E-state index contributed by atoms with van der Waals surface area (Å²) < 4.78 is 1.39. The highest BCUT2D eigenvalue weighted by Gasteiger charge is 2.12. The molecule has 0 amide bonds. The van der Waals surface area contributed by atoms with E-state index in [9.17, 15) is 0 Å². The van der Waals surface area contributed by atoms with Crippen molar-refractivity contribution in [2.75, 3.05) is 7.05 Å². The number of unbranched alkanes of at least 4 members (excludes halogenated alkanes) is 1. The molecule has 1 aromatic carbocycles. The molecule has 1 nitrogen and oxygen atoms in total. The first-order chi connectivity index (χ1) is 7.70. The average molecular weight is 329 g/mol. The van der Waals surface area contributed by atoms with Gasteiger partial charge in [0.2, 0.25) is 0 Å². The molecule has 0 aromatic heterocycles. The van der Waals surface area contributed by atoms with Gasteiger partial charge in [-0.25, -0.2) is 0 Å². The molecule has 0 aliphatic carbocycles. The van der Waals surface area contributed by atoms with Gasteiger partial charge in [0.15, 0.2) is 0 Å². The van der Waals surface area contributed by atoms with Crippen molar-refractivity contribution >= 4 is 22.6 Å². The van der Waals surface area contributed by atoms with E-state index < -0.39 is 0 Å². The molecule has 1 rings (SSSR count). The molecule has 0 bridgehead atoms. The van der Waals surface area contributed by atoms with Gasteiger partial charge in [-0.05, 0) is 67.0 Å². The smallest absolute Gasteiger partial charge is 0.0328 e. The van der Waals surface area contributed by atoms with Crippen molar-refractivity contribution in [2.24, 2.45) is 0 Å². The maximum absolute atomic E-state index is 3.77. The Kier molecular flexibility index (Phi) is 6.06. The number of aryl methyl sites for hydroxylation is 1. The van der Waals surface area contributed by atoms with Crippen molar-refractivity contribution in [2.45, 2.75) is 32.2 Å². The summed E-state index contributed by atoms with van der Waals surface area (Å²) in [4.78, 5) is 0. The molecule has 0 fully saturated rings. The lowest BCUT2D eigenvalue weighted by Gasteiger charge is -2.18. The summed E-state index contributed by atoms with van der Waals surface area (Å²) in [5.41, 5.74) is 2.79. The number of rotatable bonds is 6. The SMILES string of the molecule is C=CCCCC(NC)c1cccc(C)c1I. The monoisotopic (exact) mass is 329 g/mol. The zero-order chi connectivity index (χ0) is 12.0. The van der Waals surface area contributed by atoms with Gasteiger partial charge in [-0.1, -0.05) is 24.3 Å². The van der Waals surface area contributed by atoms with Crippen LogP contribution < -0.4 is 5.32 Å². The molecule has 1 aromatic rings. The molecule has 0 saturated heterocycles. The number of hydrogen-bond acceptors (Lipinski definition) is 1. The van der Waals surface area contributed by atoms with Crippen LogP contribution in [0.25, 0.3) is 0 Å².